The van der Waals surface area contributed by atoms with Gasteiger partial charge < -0.3 is 9.84 Å². The van der Waals surface area contributed by atoms with Crippen LogP contribution in [-0.2, 0) is 6.54 Å². The summed E-state index contributed by atoms with van der Waals surface area (Å²) in [5.41, 5.74) is 2.23. The van der Waals surface area contributed by atoms with Gasteiger partial charge in [0.1, 0.15) is 18.2 Å². The van der Waals surface area contributed by atoms with Crippen LogP contribution in [0.2, 0.25) is 0 Å². The molecule has 3 rings (SSSR count). The fraction of sp³-hybridized carbons (Fsp3) is 0.400. The van der Waals surface area contributed by atoms with E-state index in [1.807, 2.05) is 24.3 Å². The summed E-state index contributed by atoms with van der Waals surface area (Å²) in [4.78, 5) is 2.42. The minimum Gasteiger partial charge on any atom is -0.491 e. The standard InChI is InChI=1S/C20H24FNO2/c21-18-7-4-6-17(14-18)20-9-1-2-10-22(20)15-16-5-3-8-19(13-16)24-12-11-23/h3-8,13-14,20,23H,1-2,9-12,15H2. The van der Waals surface area contributed by atoms with Gasteiger partial charge in [-0.2, -0.15) is 0 Å². The molecule has 0 bridgehead atoms. The molecule has 2 aromatic carbocycles. The highest BCUT2D eigenvalue weighted by Crippen LogP contribution is 2.32. The second kappa shape index (κ2) is 8.27. The zero-order valence-corrected chi connectivity index (χ0v) is 13.8. The molecule has 1 atom stereocenters. The van der Waals surface area contributed by atoms with Crippen molar-refractivity contribution in [1.82, 2.24) is 4.90 Å². The number of halogens is 1. The first-order chi connectivity index (χ1) is 11.8. The second-order valence-electron chi connectivity index (χ2n) is 6.26. The highest BCUT2D eigenvalue weighted by atomic mass is 19.1. The van der Waals surface area contributed by atoms with Gasteiger partial charge in [-0.1, -0.05) is 30.7 Å². The number of likely N-dealkylation sites (tertiary alicyclic amines) is 1. The molecule has 1 fully saturated rings. The molecule has 1 aliphatic rings. The van der Waals surface area contributed by atoms with Crippen LogP contribution in [0.3, 0.4) is 0 Å². The molecule has 3 nitrogen and oxygen atoms in total. The van der Waals surface area contributed by atoms with Gasteiger partial charge in [0, 0.05) is 12.6 Å². The lowest BCUT2D eigenvalue weighted by Gasteiger charge is -2.36. The number of piperidine rings is 1. The number of benzene rings is 2. The average Bonchev–Trinajstić information content (AvgIpc) is 2.61. The SMILES string of the molecule is OCCOc1cccc(CN2CCCCC2c2cccc(F)c2)c1. The number of ether oxygens (including phenoxy) is 1. The Kier molecular flexibility index (Phi) is 5.83. The molecular formula is C20H24FNO2. The maximum absolute atomic E-state index is 13.6. The summed E-state index contributed by atoms with van der Waals surface area (Å²) >= 11 is 0. The van der Waals surface area contributed by atoms with Crippen molar-refractivity contribution < 1.29 is 14.2 Å². The minimum absolute atomic E-state index is 0.0119. The molecule has 0 saturated carbocycles. The highest BCUT2D eigenvalue weighted by molar-refractivity contribution is 5.29. The molecule has 2 aromatic rings. The van der Waals surface area contributed by atoms with Crippen LogP contribution in [0.4, 0.5) is 4.39 Å². The van der Waals surface area contributed by atoms with Crippen LogP contribution in [0.25, 0.3) is 0 Å². The second-order valence-corrected chi connectivity index (χ2v) is 6.26. The van der Waals surface area contributed by atoms with Crippen LogP contribution in [0.15, 0.2) is 48.5 Å². The van der Waals surface area contributed by atoms with Crippen LogP contribution >= 0.6 is 0 Å². The van der Waals surface area contributed by atoms with E-state index in [0.29, 0.717) is 6.61 Å². The lowest BCUT2D eigenvalue weighted by molar-refractivity contribution is 0.140. The monoisotopic (exact) mass is 329 g/mol. The third kappa shape index (κ3) is 4.34. The topological polar surface area (TPSA) is 32.7 Å². The molecule has 0 aliphatic carbocycles. The van der Waals surface area contributed by atoms with E-state index in [9.17, 15) is 4.39 Å². The normalized spacial score (nSPS) is 18.5. The Morgan fingerprint density at radius 3 is 2.83 bits per heavy atom. The Morgan fingerprint density at radius 1 is 1.12 bits per heavy atom. The number of hydrogen-bond donors (Lipinski definition) is 1. The van der Waals surface area contributed by atoms with Crippen molar-refractivity contribution >= 4 is 0 Å². The molecule has 0 radical (unpaired) electrons. The Balaban J connectivity index is 1.74. The van der Waals surface area contributed by atoms with Crippen molar-refractivity contribution in [2.75, 3.05) is 19.8 Å². The van der Waals surface area contributed by atoms with Gasteiger partial charge in [0.05, 0.1) is 6.61 Å². The van der Waals surface area contributed by atoms with Crippen molar-refractivity contribution in [3.63, 3.8) is 0 Å². The zero-order valence-electron chi connectivity index (χ0n) is 13.8. The number of hydrogen-bond acceptors (Lipinski definition) is 3. The van der Waals surface area contributed by atoms with E-state index in [4.69, 9.17) is 9.84 Å². The van der Waals surface area contributed by atoms with Crippen LogP contribution < -0.4 is 4.74 Å². The molecule has 4 heteroatoms. The molecule has 1 saturated heterocycles. The first kappa shape index (κ1) is 16.9. The van der Waals surface area contributed by atoms with Gasteiger partial charge in [0.15, 0.2) is 0 Å². The Morgan fingerprint density at radius 2 is 2.00 bits per heavy atom. The summed E-state index contributed by atoms with van der Waals surface area (Å²) in [6, 6.07) is 15.2. The Hall–Kier alpha value is -1.91. The van der Waals surface area contributed by atoms with Crippen molar-refractivity contribution in [2.24, 2.45) is 0 Å². The molecule has 0 aromatic heterocycles. The van der Waals surface area contributed by atoms with E-state index in [1.54, 1.807) is 12.1 Å². The number of aliphatic hydroxyl groups excluding tert-OH is 1. The largest absolute Gasteiger partial charge is 0.491 e. The third-order valence-electron chi connectivity index (χ3n) is 4.49. The zero-order chi connectivity index (χ0) is 16.8. The molecular weight excluding hydrogens is 305 g/mol. The average molecular weight is 329 g/mol. The Labute approximate surface area is 142 Å². The molecule has 24 heavy (non-hydrogen) atoms. The van der Waals surface area contributed by atoms with Crippen molar-refractivity contribution in [1.29, 1.82) is 0 Å². The maximum Gasteiger partial charge on any atom is 0.123 e. The summed E-state index contributed by atoms with van der Waals surface area (Å²) in [6.45, 7) is 2.15. The first-order valence-corrected chi connectivity index (χ1v) is 8.58. The Bertz CT molecular complexity index is 662. The molecule has 1 unspecified atom stereocenters. The van der Waals surface area contributed by atoms with Gasteiger partial charge in [0.25, 0.3) is 0 Å². The highest BCUT2D eigenvalue weighted by Gasteiger charge is 2.24. The van der Waals surface area contributed by atoms with Gasteiger partial charge >= 0.3 is 0 Å². The lowest BCUT2D eigenvalue weighted by atomic mass is 9.94. The van der Waals surface area contributed by atoms with E-state index in [-0.39, 0.29) is 18.5 Å². The lowest BCUT2D eigenvalue weighted by Crippen LogP contribution is -2.33. The smallest absolute Gasteiger partial charge is 0.123 e. The van der Waals surface area contributed by atoms with Gasteiger partial charge in [0.2, 0.25) is 0 Å². The maximum atomic E-state index is 13.6. The third-order valence-corrected chi connectivity index (χ3v) is 4.49. The van der Waals surface area contributed by atoms with Crippen molar-refractivity contribution in [3.05, 3.63) is 65.5 Å². The number of nitrogens with zero attached hydrogens (tertiary/aromatic N) is 1. The molecule has 128 valence electrons. The van der Waals surface area contributed by atoms with Gasteiger partial charge in [-0.25, -0.2) is 4.39 Å². The minimum atomic E-state index is -0.169. The fourth-order valence-corrected chi connectivity index (χ4v) is 3.40. The van der Waals surface area contributed by atoms with Crippen LogP contribution in [0.5, 0.6) is 5.75 Å². The summed E-state index contributed by atoms with van der Waals surface area (Å²) in [5, 5.41) is 8.88. The van der Waals surface area contributed by atoms with Gasteiger partial charge in [-0.15, -0.1) is 0 Å². The number of rotatable bonds is 6. The van der Waals surface area contributed by atoms with Crippen LogP contribution in [0, 0.1) is 5.82 Å². The number of aliphatic hydroxyl groups is 1. The molecule has 1 aliphatic heterocycles. The van der Waals surface area contributed by atoms with E-state index in [1.165, 1.54) is 24.5 Å². The van der Waals surface area contributed by atoms with E-state index < -0.39 is 0 Å². The van der Waals surface area contributed by atoms with E-state index in [0.717, 1.165) is 30.8 Å². The van der Waals surface area contributed by atoms with E-state index in [2.05, 4.69) is 11.0 Å². The van der Waals surface area contributed by atoms with Crippen LogP contribution in [-0.4, -0.2) is 29.8 Å². The molecule has 0 amide bonds. The molecule has 1 N–H and O–H groups in total. The predicted molar refractivity (Wildman–Crippen MR) is 92.4 cm³/mol. The summed E-state index contributed by atoms with van der Waals surface area (Å²) in [7, 11) is 0. The van der Waals surface area contributed by atoms with E-state index >= 15 is 0 Å². The summed E-state index contributed by atoms with van der Waals surface area (Å²) < 4.78 is 19.1. The van der Waals surface area contributed by atoms with Crippen molar-refractivity contribution in [3.8, 4) is 5.75 Å². The van der Waals surface area contributed by atoms with Gasteiger partial charge in [-0.3, -0.25) is 4.90 Å². The molecule has 0 spiro atoms. The predicted octanol–water partition coefficient (Wildman–Crippen LogP) is 3.92. The summed E-state index contributed by atoms with van der Waals surface area (Å²) in [5.74, 6) is 0.610. The van der Waals surface area contributed by atoms with Gasteiger partial charge in [-0.05, 0) is 54.8 Å². The fourth-order valence-electron chi connectivity index (χ4n) is 3.40. The molecule has 1 heterocycles. The first-order valence-electron chi connectivity index (χ1n) is 8.58. The van der Waals surface area contributed by atoms with Crippen LogP contribution in [0.1, 0.15) is 36.4 Å². The summed E-state index contributed by atoms with van der Waals surface area (Å²) in [6.07, 6.45) is 3.41. The van der Waals surface area contributed by atoms with Crippen molar-refractivity contribution in [2.45, 2.75) is 31.8 Å². The quantitative estimate of drug-likeness (QED) is 0.872.